The number of hydrogen-bond donors (Lipinski definition) is 0. The number of rotatable bonds is 3. The van der Waals surface area contributed by atoms with Crippen LogP contribution in [0.2, 0.25) is 0 Å². The van der Waals surface area contributed by atoms with Crippen LogP contribution < -0.4 is 0 Å². The van der Waals surface area contributed by atoms with Crippen molar-refractivity contribution in [2.75, 3.05) is 6.61 Å². The molecule has 0 bridgehead atoms. The summed E-state index contributed by atoms with van der Waals surface area (Å²) in [5.41, 5.74) is 0.00277. The van der Waals surface area contributed by atoms with Crippen LogP contribution in [0, 0.1) is 11.2 Å². The number of hydrogen-bond acceptors (Lipinski definition) is 4. The van der Waals surface area contributed by atoms with E-state index in [1.165, 1.54) is 24.3 Å². The summed E-state index contributed by atoms with van der Waals surface area (Å²) in [5, 5.41) is 0. The Hall–Kier alpha value is -1.43. The molecule has 0 aromatic heterocycles. The number of cyclic esters (lactones) is 1. The number of carbonyl (C=O) groups excluding carboxylic acids is 2. The highest BCUT2D eigenvalue weighted by Crippen LogP contribution is 2.33. The van der Waals surface area contributed by atoms with Crippen LogP contribution in [0.5, 0.6) is 0 Å². The van der Waals surface area contributed by atoms with E-state index in [9.17, 15) is 14.0 Å². The van der Waals surface area contributed by atoms with Crippen LogP contribution in [0.25, 0.3) is 0 Å². The van der Waals surface area contributed by atoms with Crippen molar-refractivity contribution in [2.45, 2.75) is 24.8 Å². The number of benzene rings is 1. The summed E-state index contributed by atoms with van der Waals surface area (Å²) in [6, 6.07) is 5.47. The maximum atomic E-state index is 12.8. The van der Waals surface area contributed by atoms with E-state index in [2.05, 4.69) is 15.9 Å². The zero-order chi connectivity index (χ0) is 14.9. The molecule has 0 N–H and O–H groups in total. The Bertz CT molecular complexity index is 526. The highest BCUT2D eigenvalue weighted by Gasteiger charge is 2.47. The van der Waals surface area contributed by atoms with Crippen LogP contribution in [0.3, 0.4) is 0 Å². The second-order valence-corrected chi connectivity index (χ2v) is 6.24. The van der Waals surface area contributed by atoms with E-state index in [-0.39, 0.29) is 12.4 Å². The number of ether oxygens (including phenoxy) is 2. The van der Waals surface area contributed by atoms with Crippen molar-refractivity contribution in [3.63, 3.8) is 0 Å². The maximum Gasteiger partial charge on any atom is 0.348 e. The lowest BCUT2D eigenvalue weighted by molar-refractivity contribution is -0.162. The lowest BCUT2D eigenvalue weighted by Crippen LogP contribution is -2.35. The molecule has 1 aromatic carbocycles. The standard InChI is InChI=1S/C14H14BrFO4/c1-14(2)7-19-13(18)11(14)20-12(17)10(15)8-3-5-9(16)6-4-8/h3-6,10-11H,7H2,1-2H3. The smallest absolute Gasteiger partial charge is 0.348 e. The SMILES string of the molecule is CC1(C)COC(=O)C1OC(=O)C(Br)c1ccc(F)cc1. The van der Waals surface area contributed by atoms with Crippen molar-refractivity contribution in [2.24, 2.45) is 5.41 Å². The van der Waals surface area contributed by atoms with Gasteiger partial charge in [-0.3, -0.25) is 4.79 Å². The molecule has 108 valence electrons. The third kappa shape index (κ3) is 3.00. The molecule has 1 aromatic rings. The third-order valence-corrected chi connectivity index (χ3v) is 4.02. The molecule has 2 rings (SSSR count). The second-order valence-electron chi connectivity index (χ2n) is 5.33. The minimum absolute atomic E-state index is 0.216. The maximum absolute atomic E-state index is 12.8. The van der Waals surface area contributed by atoms with E-state index in [1.54, 1.807) is 13.8 Å². The Balaban J connectivity index is 2.08. The van der Waals surface area contributed by atoms with Crippen molar-refractivity contribution in [1.82, 2.24) is 0 Å². The van der Waals surface area contributed by atoms with Gasteiger partial charge < -0.3 is 9.47 Å². The summed E-state index contributed by atoms with van der Waals surface area (Å²) in [6.07, 6.45) is -0.921. The fourth-order valence-corrected chi connectivity index (χ4v) is 2.29. The minimum atomic E-state index is -0.921. The zero-order valence-corrected chi connectivity index (χ0v) is 12.6. The molecule has 1 aliphatic rings. The Labute approximate surface area is 124 Å². The fourth-order valence-electron chi connectivity index (χ4n) is 1.88. The van der Waals surface area contributed by atoms with Crippen molar-refractivity contribution in [3.8, 4) is 0 Å². The van der Waals surface area contributed by atoms with Crippen LogP contribution in [0.15, 0.2) is 24.3 Å². The van der Waals surface area contributed by atoms with E-state index in [0.29, 0.717) is 5.56 Å². The van der Waals surface area contributed by atoms with Crippen LogP contribution >= 0.6 is 15.9 Å². The second kappa shape index (κ2) is 5.52. The Kier molecular flexibility index (Phi) is 4.13. The molecule has 0 amide bonds. The van der Waals surface area contributed by atoms with Crippen molar-refractivity contribution in [1.29, 1.82) is 0 Å². The number of alkyl halides is 1. The number of esters is 2. The quantitative estimate of drug-likeness (QED) is 0.624. The van der Waals surface area contributed by atoms with Crippen LogP contribution in [-0.4, -0.2) is 24.6 Å². The summed E-state index contributed by atoms with van der Waals surface area (Å²) in [7, 11) is 0. The molecule has 1 aliphatic heterocycles. The fraction of sp³-hybridized carbons (Fsp3) is 0.429. The average molecular weight is 345 g/mol. The zero-order valence-electron chi connectivity index (χ0n) is 11.1. The van der Waals surface area contributed by atoms with Crippen LogP contribution in [0.4, 0.5) is 4.39 Å². The van der Waals surface area contributed by atoms with Gasteiger partial charge in [-0.1, -0.05) is 41.9 Å². The van der Waals surface area contributed by atoms with Crippen molar-refractivity contribution >= 4 is 27.9 Å². The summed E-state index contributed by atoms with van der Waals surface area (Å²) in [6.45, 7) is 3.79. The van der Waals surface area contributed by atoms with Gasteiger partial charge in [0.05, 0.1) is 0 Å². The van der Waals surface area contributed by atoms with Crippen molar-refractivity contribution < 1.29 is 23.5 Å². The van der Waals surface area contributed by atoms with E-state index in [1.807, 2.05) is 0 Å². The molecule has 6 heteroatoms. The van der Waals surface area contributed by atoms with Gasteiger partial charge in [0.25, 0.3) is 0 Å². The molecule has 20 heavy (non-hydrogen) atoms. The van der Waals surface area contributed by atoms with Crippen LogP contribution in [0.1, 0.15) is 24.2 Å². The number of halogens is 2. The molecule has 0 aliphatic carbocycles. The van der Waals surface area contributed by atoms with Gasteiger partial charge in [0.1, 0.15) is 17.3 Å². The van der Waals surface area contributed by atoms with Crippen molar-refractivity contribution in [3.05, 3.63) is 35.6 Å². The van der Waals surface area contributed by atoms with Crippen LogP contribution in [-0.2, 0) is 19.1 Å². The molecule has 2 unspecified atom stereocenters. The summed E-state index contributed by atoms with van der Waals surface area (Å²) in [4.78, 5) is 22.9. The average Bonchev–Trinajstić information content (AvgIpc) is 2.65. The predicted molar refractivity (Wildman–Crippen MR) is 72.7 cm³/mol. The van der Waals surface area contributed by atoms with Gasteiger partial charge in [0, 0.05) is 5.41 Å². The van der Waals surface area contributed by atoms with Gasteiger partial charge in [-0.2, -0.15) is 0 Å². The summed E-state index contributed by atoms with van der Waals surface area (Å²) < 4.78 is 23.0. The highest BCUT2D eigenvalue weighted by molar-refractivity contribution is 9.09. The molecule has 0 saturated carbocycles. The molecule has 1 saturated heterocycles. The highest BCUT2D eigenvalue weighted by atomic mass is 79.9. The lowest BCUT2D eigenvalue weighted by Gasteiger charge is -2.22. The van der Waals surface area contributed by atoms with Gasteiger partial charge in [0.15, 0.2) is 0 Å². The lowest BCUT2D eigenvalue weighted by atomic mass is 9.90. The van der Waals surface area contributed by atoms with Gasteiger partial charge in [-0.05, 0) is 17.7 Å². The first kappa shape index (κ1) is 15.0. The first-order valence-corrected chi connectivity index (χ1v) is 6.99. The summed E-state index contributed by atoms with van der Waals surface area (Å²) in [5.74, 6) is -1.53. The van der Waals surface area contributed by atoms with Gasteiger partial charge >= 0.3 is 11.9 Å². The summed E-state index contributed by atoms with van der Waals surface area (Å²) >= 11 is 3.19. The first-order valence-electron chi connectivity index (χ1n) is 6.08. The molecule has 4 nitrogen and oxygen atoms in total. The topological polar surface area (TPSA) is 52.6 Å². The Morgan fingerprint density at radius 2 is 2.05 bits per heavy atom. The largest absolute Gasteiger partial charge is 0.462 e. The molecular weight excluding hydrogens is 331 g/mol. The van der Waals surface area contributed by atoms with Gasteiger partial charge in [-0.25, -0.2) is 9.18 Å². The molecule has 1 fully saturated rings. The monoisotopic (exact) mass is 344 g/mol. The van der Waals surface area contributed by atoms with E-state index >= 15 is 0 Å². The normalized spacial score (nSPS) is 22.2. The molecule has 2 atom stereocenters. The first-order chi connectivity index (χ1) is 9.31. The third-order valence-electron chi connectivity index (χ3n) is 3.11. The van der Waals surface area contributed by atoms with Gasteiger partial charge in [-0.15, -0.1) is 0 Å². The van der Waals surface area contributed by atoms with E-state index < -0.39 is 28.3 Å². The van der Waals surface area contributed by atoms with E-state index in [0.717, 1.165) is 0 Å². The molecule has 0 radical (unpaired) electrons. The molecule has 0 spiro atoms. The molecule has 1 heterocycles. The number of carbonyl (C=O) groups is 2. The Morgan fingerprint density at radius 1 is 1.45 bits per heavy atom. The Morgan fingerprint density at radius 3 is 2.55 bits per heavy atom. The van der Waals surface area contributed by atoms with E-state index in [4.69, 9.17) is 9.47 Å². The van der Waals surface area contributed by atoms with Gasteiger partial charge in [0.2, 0.25) is 6.10 Å². The predicted octanol–water partition coefficient (Wildman–Crippen LogP) is 2.76. The minimum Gasteiger partial charge on any atom is -0.462 e. The molecular formula is C14H14BrFO4.